The number of amides is 1. The molecule has 1 aliphatic carbocycles. The van der Waals surface area contributed by atoms with Crippen LogP contribution in [-0.4, -0.2) is 10.9 Å². The highest BCUT2D eigenvalue weighted by atomic mass is 16.2. The summed E-state index contributed by atoms with van der Waals surface area (Å²) in [5.74, 6) is 0.0360. The normalized spacial score (nSPS) is 17.9. The SMILES string of the molecule is Nc1cc2c(cc1N)CC1(C2)C(=O)Nc2ccncc21. The molecule has 5 heteroatoms. The van der Waals surface area contributed by atoms with E-state index in [0.717, 1.165) is 22.4 Å². The van der Waals surface area contributed by atoms with Crippen molar-refractivity contribution < 1.29 is 4.79 Å². The van der Waals surface area contributed by atoms with E-state index in [9.17, 15) is 4.79 Å². The van der Waals surface area contributed by atoms with Crippen molar-refractivity contribution in [3.63, 3.8) is 0 Å². The fraction of sp³-hybridized carbons (Fsp3) is 0.200. The van der Waals surface area contributed by atoms with E-state index in [1.165, 1.54) is 0 Å². The van der Waals surface area contributed by atoms with E-state index in [2.05, 4.69) is 10.3 Å². The molecule has 1 amide bonds. The molecule has 0 unspecified atom stereocenters. The Labute approximate surface area is 116 Å². The molecule has 0 saturated heterocycles. The summed E-state index contributed by atoms with van der Waals surface area (Å²) in [6.45, 7) is 0. The van der Waals surface area contributed by atoms with Gasteiger partial charge in [0.25, 0.3) is 0 Å². The van der Waals surface area contributed by atoms with Gasteiger partial charge < -0.3 is 16.8 Å². The number of pyridine rings is 1. The predicted octanol–water partition coefficient (Wildman–Crippen LogP) is 1.23. The minimum absolute atomic E-state index is 0.0360. The zero-order valence-corrected chi connectivity index (χ0v) is 10.8. The molecule has 0 bridgehead atoms. The van der Waals surface area contributed by atoms with Crippen molar-refractivity contribution in [1.82, 2.24) is 4.98 Å². The van der Waals surface area contributed by atoms with Crippen LogP contribution >= 0.6 is 0 Å². The molecule has 1 aliphatic heterocycles. The largest absolute Gasteiger partial charge is 0.397 e. The summed E-state index contributed by atoms with van der Waals surface area (Å²) in [5.41, 5.74) is 16.4. The first kappa shape index (κ1) is 11.3. The lowest BCUT2D eigenvalue weighted by Crippen LogP contribution is -2.35. The standard InChI is InChI=1S/C15H14N4O/c16-11-3-8-5-15(6-9(8)4-12(11)17)10-7-18-2-1-13(10)19-14(15)20/h1-4,7H,5-6,16-17H2,(H,19,20). The lowest BCUT2D eigenvalue weighted by molar-refractivity contribution is -0.120. The third-order valence-corrected chi connectivity index (χ3v) is 4.41. The van der Waals surface area contributed by atoms with Crippen LogP contribution in [0.15, 0.2) is 30.6 Å². The molecule has 0 atom stereocenters. The van der Waals surface area contributed by atoms with E-state index in [0.29, 0.717) is 24.2 Å². The Bertz CT molecular complexity index is 723. The van der Waals surface area contributed by atoms with Gasteiger partial charge in [-0.25, -0.2) is 0 Å². The fourth-order valence-corrected chi connectivity index (χ4v) is 3.37. The summed E-state index contributed by atoms with van der Waals surface area (Å²) in [5, 5.41) is 2.95. The number of nitrogens with one attached hydrogen (secondary N) is 1. The van der Waals surface area contributed by atoms with Crippen LogP contribution in [0.25, 0.3) is 0 Å². The molecule has 1 aromatic carbocycles. The second-order valence-electron chi connectivity index (χ2n) is 5.56. The predicted molar refractivity (Wildman–Crippen MR) is 77.2 cm³/mol. The van der Waals surface area contributed by atoms with Crippen LogP contribution < -0.4 is 16.8 Å². The molecule has 2 aliphatic rings. The smallest absolute Gasteiger partial charge is 0.235 e. The van der Waals surface area contributed by atoms with E-state index in [1.54, 1.807) is 12.4 Å². The topological polar surface area (TPSA) is 94.0 Å². The molecule has 1 aromatic heterocycles. The highest BCUT2D eigenvalue weighted by Gasteiger charge is 2.50. The van der Waals surface area contributed by atoms with Crippen molar-refractivity contribution in [1.29, 1.82) is 0 Å². The Morgan fingerprint density at radius 3 is 2.45 bits per heavy atom. The minimum atomic E-state index is -0.549. The van der Waals surface area contributed by atoms with E-state index in [1.807, 2.05) is 18.2 Å². The molecule has 4 rings (SSSR count). The van der Waals surface area contributed by atoms with Crippen molar-refractivity contribution >= 4 is 23.0 Å². The number of carbonyl (C=O) groups is 1. The molecule has 5 nitrogen and oxygen atoms in total. The first-order valence-corrected chi connectivity index (χ1v) is 6.53. The second kappa shape index (κ2) is 3.50. The van der Waals surface area contributed by atoms with Crippen molar-refractivity contribution in [3.8, 4) is 0 Å². The van der Waals surface area contributed by atoms with Crippen LogP contribution in [0.2, 0.25) is 0 Å². The number of aromatic nitrogens is 1. The van der Waals surface area contributed by atoms with E-state index < -0.39 is 5.41 Å². The summed E-state index contributed by atoms with van der Waals surface area (Å²) in [6, 6.07) is 5.62. The third kappa shape index (κ3) is 1.27. The highest BCUT2D eigenvalue weighted by molar-refractivity contribution is 6.07. The number of hydrogen-bond acceptors (Lipinski definition) is 4. The maximum atomic E-state index is 12.5. The molecule has 2 heterocycles. The summed E-state index contributed by atoms with van der Waals surface area (Å²) >= 11 is 0. The molecule has 0 radical (unpaired) electrons. The van der Waals surface area contributed by atoms with E-state index in [4.69, 9.17) is 11.5 Å². The number of rotatable bonds is 0. The van der Waals surface area contributed by atoms with Crippen LogP contribution in [0.3, 0.4) is 0 Å². The fourth-order valence-electron chi connectivity index (χ4n) is 3.37. The van der Waals surface area contributed by atoms with Gasteiger partial charge in [0, 0.05) is 23.6 Å². The van der Waals surface area contributed by atoms with Crippen LogP contribution in [-0.2, 0) is 23.1 Å². The molecule has 100 valence electrons. The minimum Gasteiger partial charge on any atom is -0.397 e. The lowest BCUT2D eigenvalue weighted by Gasteiger charge is -2.20. The highest BCUT2D eigenvalue weighted by Crippen LogP contribution is 2.47. The van der Waals surface area contributed by atoms with Crippen molar-refractivity contribution in [2.45, 2.75) is 18.3 Å². The van der Waals surface area contributed by atoms with Gasteiger partial charge in [-0.2, -0.15) is 0 Å². The number of nitrogens with two attached hydrogens (primary N) is 2. The Morgan fingerprint density at radius 1 is 1.15 bits per heavy atom. The first-order valence-electron chi connectivity index (χ1n) is 6.53. The van der Waals surface area contributed by atoms with Gasteiger partial charge in [0.1, 0.15) is 0 Å². The van der Waals surface area contributed by atoms with Crippen LogP contribution in [0.5, 0.6) is 0 Å². The van der Waals surface area contributed by atoms with Gasteiger partial charge >= 0.3 is 0 Å². The average molecular weight is 266 g/mol. The average Bonchev–Trinajstić information content (AvgIpc) is 2.91. The lowest BCUT2D eigenvalue weighted by atomic mass is 9.80. The van der Waals surface area contributed by atoms with Gasteiger partial charge in [-0.3, -0.25) is 9.78 Å². The monoisotopic (exact) mass is 266 g/mol. The van der Waals surface area contributed by atoms with Crippen molar-refractivity contribution in [3.05, 3.63) is 47.3 Å². The molecular weight excluding hydrogens is 252 g/mol. The zero-order chi connectivity index (χ0) is 13.9. The van der Waals surface area contributed by atoms with Gasteiger partial charge in [-0.15, -0.1) is 0 Å². The Hall–Kier alpha value is -2.56. The summed E-state index contributed by atoms with van der Waals surface area (Å²) in [6.07, 6.45) is 4.77. The van der Waals surface area contributed by atoms with Crippen molar-refractivity contribution in [2.24, 2.45) is 0 Å². The van der Waals surface area contributed by atoms with Crippen LogP contribution in [0.4, 0.5) is 17.1 Å². The van der Waals surface area contributed by atoms with E-state index >= 15 is 0 Å². The number of nitrogen functional groups attached to an aromatic ring is 2. The van der Waals surface area contributed by atoms with Gasteiger partial charge in [0.05, 0.1) is 16.8 Å². The molecular formula is C15H14N4O. The maximum absolute atomic E-state index is 12.5. The first-order chi connectivity index (χ1) is 9.60. The number of nitrogens with zero attached hydrogens (tertiary/aromatic N) is 1. The van der Waals surface area contributed by atoms with E-state index in [-0.39, 0.29) is 5.91 Å². The van der Waals surface area contributed by atoms with Gasteiger partial charge in [-0.1, -0.05) is 0 Å². The van der Waals surface area contributed by atoms with Crippen LogP contribution in [0, 0.1) is 0 Å². The third-order valence-electron chi connectivity index (χ3n) is 4.41. The quantitative estimate of drug-likeness (QED) is 0.625. The maximum Gasteiger partial charge on any atom is 0.235 e. The Balaban J connectivity index is 1.88. The Kier molecular flexibility index (Phi) is 1.98. The van der Waals surface area contributed by atoms with Crippen LogP contribution in [0.1, 0.15) is 16.7 Å². The molecule has 5 N–H and O–H groups in total. The number of carbonyl (C=O) groups excluding carboxylic acids is 1. The Morgan fingerprint density at radius 2 is 1.80 bits per heavy atom. The van der Waals surface area contributed by atoms with Gasteiger partial charge in [0.15, 0.2) is 0 Å². The zero-order valence-electron chi connectivity index (χ0n) is 10.8. The summed E-state index contributed by atoms with van der Waals surface area (Å²) in [7, 11) is 0. The number of fused-ring (bicyclic) bond motifs is 3. The van der Waals surface area contributed by atoms with Gasteiger partial charge in [0.2, 0.25) is 5.91 Å². The molecule has 2 aromatic rings. The van der Waals surface area contributed by atoms with Gasteiger partial charge in [-0.05, 0) is 42.2 Å². The molecule has 20 heavy (non-hydrogen) atoms. The molecule has 0 saturated carbocycles. The number of anilines is 3. The second-order valence-corrected chi connectivity index (χ2v) is 5.56. The summed E-state index contributed by atoms with van der Waals surface area (Å²) < 4.78 is 0. The molecule has 1 spiro atoms. The summed E-state index contributed by atoms with van der Waals surface area (Å²) in [4.78, 5) is 16.7. The molecule has 0 fully saturated rings. The number of hydrogen-bond donors (Lipinski definition) is 3. The number of benzene rings is 1. The van der Waals surface area contributed by atoms with Crippen molar-refractivity contribution in [2.75, 3.05) is 16.8 Å².